The molecule has 1 aliphatic rings. The number of thioether (sulfide) groups is 1. The monoisotopic (exact) mass is 369 g/mol. The first-order valence-corrected chi connectivity index (χ1v) is 9.56. The molecule has 3 heterocycles. The summed E-state index contributed by atoms with van der Waals surface area (Å²) in [5.41, 5.74) is 2.17. The van der Waals surface area contributed by atoms with Crippen molar-refractivity contribution in [3.63, 3.8) is 0 Å². The van der Waals surface area contributed by atoms with Gasteiger partial charge in [-0.1, -0.05) is 30.0 Å². The summed E-state index contributed by atoms with van der Waals surface area (Å²) < 4.78 is 1.67. The van der Waals surface area contributed by atoms with Crippen LogP contribution >= 0.6 is 11.8 Å². The number of hydrogen-bond acceptors (Lipinski definition) is 5. The number of likely N-dealkylation sites (tertiary alicyclic amines) is 1. The molecule has 1 fully saturated rings. The van der Waals surface area contributed by atoms with E-state index in [0.717, 1.165) is 37.2 Å². The molecular weight excluding hydrogens is 350 g/mol. The Labute approximate surface area is 154 Å². The van der Waals surface area contributed by atoms with Crippen LogP contribution in [0.5, 0.6) is 0 Å². The third-order valence-corrected chi connectivity index (χ3v) is 5.41. The Bertz CT molecular complexity index is 1020. The summed E-state index contributed by atoms with van der Waals surface area (Å²) in [6.45, 7) is 3.63. The fraction of sp³-hybridized carbons (Fsp3) is 0.333. The number of H-pyrrole nitrogens is 1. The lowest BCUT2D eigenvalue weighted by molar-refractivity contribution is -0.127. The van der Waals surface area contributed by atoms with Gasteiger partial charge in [-0.05, 0) is 31.4 Å². The van der Waals surface area contributed by atoms with E-state index in [0.29, 0.717) is 16.2 Å². The van der Waals surface area contributed by atoms with Crippen molar-refractivity contribution in [1.82, 2.24) is 24.6 Å². The predicted octanol–water partition coefficient (Wildman–Crippen LogP) is 2.13. The quantitative estimate of drug-likeness (QED) is 0.563. The van der Waals surface area contributed by atoms with Gasteiger partial charge in [0.15, 0.2) is 10.8 Å². The normalized spacial score (nSPS) is 14.3. The summed E-state index contributed by atoms with van der Waals surface area (Å²) >= 11 is 1.26. The molecule has 0 radical (unpaired) electrons. The second-order valence-electron chi connectivity index (χ2n) is 6.33. The lowest BCUT2D eigenvalue weighted by Crippen LogP contribution is -2.29. The number of carbonyl (C=O) groups excluding carboxylic acids is 1. The highest BCUT2D eigenvalue weighted by molar-refractivity contribution is 7.99. The minimum Gasteiger partial charge on any atom is -0.342 e. The van der Waals surface area contributed by atoms with E-state index >= 15 is 0 Å². The predicted molar refractivity (Wildman–Crippen MR) is 101 cm³/mol. The van der Waals surface area contributed by atoms with E-state index in [9.17, 15) is 9.59 Å². The topological polar surface area (TPSA) is 83.9 Å². The Morgan fingerprint density at radius 3 is 2.81 bits per heavy atom. The fourth-order valence-corrected chi connectivity index (χ4v) is 3.89. The lowest BCUT2D eigenvalue weighted by Gasteiger charge is -2.14. The average molecular weight is 369 g/mol. The highest BCUT2D eigenvalue weighted by Crippen LogP contribution is 2.20. The number of fused-ring (bicyclic) bond motifs is 1. The van der Waals surface area contributed by atoms with Crippen molar-refractivity contribution in [2.24, 2.45) is 0 Å². The van der Waals surface area contributed by atoms with Gasteiger partial charge >= 0.3 is 0 Å². The standard InChI is InChI=1S/C18H19N5O2S/c1-12-6-2-3-7-14(12)23-16-13(10-19-23)17(25)21-18(20-16)26-11-15(24)22-8-4-5-9-22/h2-3,6-7,10H,4-5,8-9,11H2,1H3,(H,20,21,25). The van der Waals surface area contributed by atoms with Crippen LogP contribution < -0.4 is 5.56 Å². The number of nitrogens with one attached hydrogen (secondary N) is 1. The highest BCUT2D eigenvalue weighted by Gasteiger charge is 2.19. The summed E-state index contributed by atoms with van der Waals surface area (Å²) in [5, 5.41) is 5.21. The molecule has 1 saturated heterocycles. The van der Waals surface area contributed by atoms with Crippen LogP contribution in [0.25, 0.3) is 16.7 Å². The van der Waals surface area contributed by atoms with Gasteiger partial charge in [0.05, 0.1) is 17.6 Å². The molecule has 1 aliphatic heterocycles. The van der Waals surface area contributed by atoms with Gasteiger partial charge in [0.1, 0.15) is 5.39 Å². The van der Waals surface area contributed by atoms with Crippen LogP contribution in [0.1, 0.15) is 18.4 Å². The maximum Gasteiger partial charge on any atom is 0.262 e. The summed E-state index contributed by atoms with van der Waals surface area (Å²) in [4.78, 5) is 33.7. The molecule has 7 nitrogen and oxygen atoms in total. The zero-order chi connectivity index (χ0) is 18.1. The van der Waals surface area contributed by atoms with Crippen molar-refractivity contribution in [3.05, 3.63) is 46.4 Å². The maximum atomic E-state index is 12.4. The first kappa shape index (κ1) is 16.8. The van der Waals surface area contributed by atoms with Crippen LogP contribution in [-0.2, 0) is 4.79 Å². The van der Waals surface area contributed by atoms with E-state index in [4.69, 9.17) is 0 Å². The zero-order valence-corrected chi connectivity index (χ0v) is 15.3. The van der Waals surface area contributed by atoms with Crippen LogP contribution in [0.3, 0.4) is 0 Å². The fourth-order valence-electron chi connectivity index (χ4n) is 3.13. The van der Waals surface area contributed by atoms with Crippen LogP contribution in [0.2, 0.25) is 0 Å². The molecule has 0 saturated carbocycles. The van der Waals surface area contributed by atoms with Crippen LogP contribution in [0.15, 0.2) is 40.4 Å². The average Bonchev–Trinajstić information content (AvgIpc) is 3.30. The Morgan fingerprint density at radius 1 is 1.27 bits per heavy atom. The van der Waals surface area contributed by atoms with Gasteiger partial charge in [-0.2, -0.15) is 5.10 Å². The smallest absolute Gasteiger partial charge is 0.262 e. The Hall–Kier alpha value is -2.61. The van der Waals surface area contributed by atoms with E-state index < -0.39 is 0 Å². The largest absolute Gasteiger partial charge is 0.342 e. The van der Waals surface area contributed by atoms with Gasteiger partial charge in [0.2, 0.25) is 5.91 Å². The van der Waals surface area contributed by atoms with Crippen LogP contribution in [-0.4, -0.2) is 49.4 Å². The number of hydrogen-bond donors (Lipinski definition) is 1. The van der Waals surface area contributed by atoms with Crippen molar-refractivity contribution < 1.29 is 4.79 Å². The molecule has 4 rings (SSSR count). The van der Waals surface area contributed by atoms with Crippen molar-refractivity contribution in [1.29, 1.82) is 0 Å². The number of aromatic amines is 1. The number of aryl methyl sites for hydroxylation is 1. The van der Waals surface area contributed by atoms with Gasteiger partial charge in [-0.3, -0.25) is 9.59 Å². The summed E-state index contributed by atoms with van der Waals surface area (Å²) in [6, 6.07) is 7.80. The van der Waals surface area contributed by atoms with E-state index in [2.05, 4.69) is 15.1 Å². The Kier molecular flexibility index (Phi) is 4.50. The van der Waals surface area contributed by atoms with Crippen molar-refractivity contribution in [3.8, 4) is 5.69 Å². The molecule has 2 aromatic heterocycles. The van der Waals surface area contributed by atoms with Gasteiger partial charge in [-0.15, -0.1) is 0 Å². The molecule has 1 amide bonds. The SMILES string of the molecule is Cc1ccccc1-n1ncc2c(=O)[nH]c(SCC(=O)N3CCCC3)nc21. The molecule has 0 atom stereocenters. The molecule has 0 bridgehead atoms. The van der Waals surface area contributed by atoms with Crippen molar-refractivity contribution in [2.75, 3.05) is 18.8 Å². The van der Waals surface area contributed by atoms with Crippen LogP contribution in [0.4, 0.5) is 0 Å². The molecular formula is C18H19N5O2S. The first-order chi connectivity index (χ1) is 12.6. The van der Waals surface area contributed by atoms with E-state index in [1.54, 1.807) is 4.68 Å². The number of aromatic nitrogens is 4. The number of carbonyl (C=O) groups is 1. The maximum absolute atomic E-state index is 12.4. The molecule has 0 spiro atoms. The molecule has 8 heteroatoms. The summed E-state index contributed by atoms with van der Waals surface area (Å²) in [6.07, 6.45) is 3.65. The molecule has 0 unspecified atom stereocenters. The number of rotatable bonds is 4. The minimum absolute atomic E-state index is 0.0858. The summed E-state index contributed by atoms with van der Waals surface area (Å²) in [7, 11) is 0. The Balaban J connectivity index is 1.65. The van der Waals surface area contributed by atoms with Gasteiger partial charge in [-0.25, -0.2) is 9.67 Å². The number of para-hydroxylation sites is 1. The van der Waals surface area contributed by atoms with Crippen molar-refractivity contribution in [2.45, 2.75) is 24.9 Å². The first-order valence-electron chi connectivity index (χ1n) is 8.58. The third-order valence-electron chi connectivity index (χ3n) is 4.55. The van der Waals surface area contributed by atoms with Gasteiger partial charge in [0.25, 0.3) is 5.56 Å². The van der Waals surface area contributed by atoms with Crippen LogP contribution in [0, 0.1) is 6.92 Å². The molecule has 1 aromatic carbocycles. The highest BCUT2D eigenvalue weighted by atomic mass is 32.2. The van der Waals surface area contributed by atoms with Gasteiger partial charge in [0, 0.05) is 13.1 Å². The van der Waals surface area contributed by atoms with E-state index in [-0.39, 0.29) is 17.2 Å². The molecule has 1 N–H and O–H groups in total. The second-order valence-corrected chi connectivity index (χ2v) is 7.29. The van der Waals surface area contributed by atoms with Gasteiger partial charge < -0.3 is 9.88 Å². The zero-order valence-electron chi connectivity index (χ0n) is 14.4. The molecule has 134 valence electrons. The van der Waals surface area contributed by atoms with E-state index in [1.165, 1.54) is 18.0 Å². The minimum atomic E-state index is -0.244. The number of amides is 1. The molecule has 26 heavy (non-hydrogen) atoms. The van der Waals surface area contributed by atoms with E-state index in [1.807, 2.05) is 36.1 Å². The van der Waals surface area contributed by atoms with Crippen molar-refractivity contribution >= 4 is 28.7 Å². The number of benzene rings is 1. The Morgan fingerprint density at radius 2 is 2.04 bits per heavy atom. The molecule has 3 aromatic rings. The summed E-state index contributed by atoms with van der Waals surface area (Å²) in [5.74, 6) is 0.357. The lowest BCUT2D eigenvalue weighted by atomic mass is 10.2. The third kappa shape index (κ3) is 3.12. The number of nitrogens with zero attached hydrogens (tertiary/aromatic N) is 4. The second kappa shape index (κ2) is 6.95. The molecule has 0 aliphatic carbocycles.